The van der Waals surface area contributed by atoms with E-state index in [4.69, 9.17) is 4.74 Å². The number of rotatable bonds is 4. The number of carbonyl (C=O) groups excluding carboxylic acids is 2. The first kappa shape index (κ1) is 15.3. The second-order valence-corrected chi connectivity index (χ2v) is 7.12. The summed E-state index contributed by atoms with van der Waals surface area (Å²) < 4.78 is 5.38. The molecule has 5 heteroatoms. The van der Waals surface area contributed by atoms with Gasteiger partial charge in [0.1, 0.15) is 11.4 Å². The number of ketones is 1. The van der Waals surface area contributed by atoms with Crippen LogP contribution in [-0.2, 0) is 9.53 Å². The van der Waals surface area contributed by atoms with Gasteiger partial charge in [0.2, 0.25) is 0 Å². The smallest absolute Gasteiger partial charge is 0.410 e. The topological polar surface area (TPSA) is 58.6 Å². The fraction of sp³-hybridized carbons (Fsp3) is 0.867. The molecule has 2 fully saturated rings. The number of ether oxygens (including phenoxy) is 1. The molecule has 0 radical (unpaired) electrons. The Balaban J connectivity index is 1.71. The molecule has 1 aliphatic carbocycles. The number of Topliss-reactive ketones (excluding diaryl/α,β-unsaturated/α-hetero) is 1. The maximum absolute atomic E-state index is 11.9. The number of fused-ring (bicyclic) bond motifs is 1. The highest BCUT2D eigenvalue weighted by atomic mass is 16.6. The van der Waals surface area contributed by atoms with Gasteiger partial charge in [0.15, 0.2) is 0 Å². The molecule has 0 aromatic heterocycles. The molecule has 3 unspecified atom stereocenters. The van der Waals surface area contributed by atoms with Gasteiger partial charge in [-0.1, -0.05) is 0 Å². The predicted octanol–water partition coefficient (Wildman–Crippen LogP) is 1.67. The average Bonchev–Trinajstić information content (AvgIpc) is 2.76. The highest BCUT2D eigenvalue weighted by Gasteiger charge is 2.56. The Morgan fingerprint density at radius 2 is 1.85 bits per heavy atom. The number of nitrogens with one attached hydrogen (secondary N) is 1. The van der Waals surface area contributed by atoms with Crippen LogP contribution in [0.1, 0.15) is 34.6 Å². The van der Waals surface area contributed by atoms with E-state index in [2.05, 4.69) is 5.32 Å². The first-order chi connectivity index (χ1) is 9.19. The standard InChI is InChI=1S/C15H26N2O3/c1-9(10(2)18)16-6-11-12-7-17(8-13(11)12)14(19)20-15(3,4)5/h9,11-13,16H,6-8H2,1-5H3. The Labute approximate surface area is 121 Å². The predicted molar refractivity (Wildman–Crippen MR) is 76.4 cm³/mol. The van der Waals surface area contributed by atoms with Crippen LogP contribution < -0.4 is 5.32 Å². The molecule has 0 aromatic carbocycles. The molecule has 0 spiro atoms. The largest absolute Gasteiger partial charge is 0.444 e. The van der Waals surface area contributed by atoms with Crippen molar-refractivity contribution in [1.82, 2.24) is 10.2 Å². The van der Waals surface area contributed by atoms with Gasteiger partial charge < -0.3 is 15.0 Å². The van der Waals surface area contributed by atoms with Crippen LogP contribution in [-0.4, -0.2) is 48.1 Å². The van der Waals surface area contributed by atoms with Gasteiger partial charge in [0.05, 0.1) is 6.04 Å². The molecule has 0 bridgehead atoms. The van der Waals surface area contributed by atoms with Gasteiger partial charge in [-0.25, -0.2) is 4.79 Å². The highest BCUT2D eigenvalue weighted by Crippen LogP contribution is 2.51. The summed E-state index contributed by atoms with van der Waals surface area (Å²) in [6, 6.07) is -0.0710. The molecule has 20 heavy (non-hydrogen) atoms. The van der Waals surface area contributed by atoms with Gasteiger partial charge >= 0.3 is 6.09 Å². The molecule has 1 saturated heterocycles. The molecule has 5 nitrogen and oxygen atoms in total. The van der Waals surface area contributed by atoms with Crippen LogP contribution in [0.4, 0.5) is 4.79 Å². The minimum absolute atomic E-state index is 0.0710. The van der Waals surface area contributed by atoms with Crippen molar-refractivity contribution in [2.45, 2.75) is 46.3 Å². The maximum atomic E-state index is 11.9. The summed E-state index contributed by atoms with van der Waals surface area (Å²) in [6.07, 6.45) is -0.200. The van der Waals surface area contributed by atoms with E-state index in [0.29, 0.717) is 17.8 Å². The van der Waals surface area contributed by atoms with Crippen LogP contribution in [0.5, 0.6) is 0 Å². The van der Waals surface area contributed by atoms with Crippen molar-refractivity contribution in [1.29, 1.82) is 0 Å². The lowest BCUT2D eigenvalue weighted by molar-refractivity contribution is -0.118. The van der Waals surface area contributed by atoms with Crippen molar-refractivity contribution in [2.75, 3.05) is 19.6 Å². The van der Waals surface area contributed by atoms with E-state index >= 15 is 0 Å². The summed E-state index contributed by atoms with van der Waals surface area (Å²) >= 11 is 0. The zero-order valence-electron chi connectivity index (χ0n) is 13.1. The number of nitrogens with zero attached hydrogens (tertiary/aromatic N) is 1. The molecule has 2 rings (SSSR count). The average molecular weight is 282 g/mol. The molecule has 1 amide bonds. The summed E-state index contributed by atoms with van der Waals surface area (Å²) in [5.41, 5.74) is -0.429. The number of hydrogen-bond acceptors (Lipinski definition) is 4. The van der Waals surface area contributed by atoms with Gasteiger partial charge in [-0.3, -0.25) is 4.79 Å². The third-order valence-corrected chi connectivity index (χ3v) is 4.29. The van der Waals surface area contributed by atoms with Gasteiger partial charge in [-0.05, 0) is 58.9 Å². The number of amides is 1. The van der Waals surface area contributed by atoms with E-state index < -0.39 is 5.60 Å². The number of likely N-dealkylation sites (tertiary alicyclic amines) is 1. The highest BCUT2D eigenvalue weighted by molar-refractivity contribution is 5.80. The van der Waals surface area contributed by atoms with Crippen molar-refractivity contribution in [3.05, 3.63) is 0 Å². The van der Waals surface area contributed by atoms with Gasteiger partial charge in [0, 0.05) is 13.1 Å². The van der Waals surface area contributed by atoms with Crippen molar-refractivity contribution in [2.24, 2.45) is 17.8 Å². The van der Waals surface area contributed by atoms with Gasteiger partial charge in [-0.15, -0.1) is 0 Å². The van der Waals surface area contributed by atoms with E-state index in [0.717, 1.165) is 19.6 Å². The Morgan fingerprint density at radius 3 is 2.30 bits per heavy atom. The first-order valence-corrected chi connectivity index (χ1v) is 7.41. The van der Waals surface area contributed by atoms with Crippen LogP contribution in [0.3, 0.4) is 0 Å². The molecule has 3 atom stereocenters. The second-order valence-electron chi connectivity index (χ2n) is 7.12. The molecular weight excluding hydrogens is 256 g/mol. The number of hydrogen-bond donors (Lipinski definition) is 1. The van der Waals surface area contributed by atoms with Gasteiger partial charge in [0.25, 0.3) is 0 Å². The lowest BCUT2D eigenvalue weighted by Crippen LogP contribution is -2.39. The molecule has 114 valence electrons. The molecule has 1 N–H and O–H groups in total. The Bertz CT molecular complexity index is 390. The van der Waals surface area contributed by atoms with E-state index in [1.165, 1.54) is 0 Å². The van der Waals surface area contributed by atoms with E-state index in [-0.39, 0.29) is 17.9 Å². The van der Waals surface area contributed by atoms with Crippen LogP contribution in [0.2, 0.25) is 0 Å². The summed E-state index contributed by atoms with van der Waals surface area (Å²) in [4.78, 5) is 24.9. The summed E-state index contributed by atoms with van der Waals surface area (Å²) in [5.74, 6) is 1.94. The molecule has 1 heterocycles. The normalized spacial score (nSPS) is 29.9. The molecule has 1 aliphatic heterocycles. The third kappa shape index (κ3) is 3.51. The van der Waals surface area contributed by atoms with Crippen molar-refractivity contribution in [3.8, 4) is 0 Å². The van der Waals surface area contributed by atoms with Crippen LogP contribution in [0, 0.1) is 17.8 Å². The van der Waals surface area contributed by atoms with Gasteiger partial charge in [-0.2, -0.15) is 0 Å². The molecule has 0 aromatic rings. The van der Waals surface area contributed by atoms with Crippen molar-refractivity contribution < 1.29 is 14.3 Å². The summed E-state index contributed by atoms with van der Waals surface area (Å²) in [6.45, 7) is 11.6. The van der Waals surface area contributed by atoms with E-state index in [9.17, 15) is 9.59 Å². The van der Waals surface area contributed by atoms with Crippen molar-refractivity contribution >= 4 is 11.9 Å². The zero-order valence-corrected chi connectivity index (χ0v) is 13.1. The summed E-state index contributed by atoms with van der Waals surface area (Å²) in [5, 5.41) is 3.27. The first-order valence-electron chi connectivity index (χ1n) is 7.41. The quantitative estimate of drug-likeness (QED) is 0.852. The van der Waals surface area contributed by atoms with Crippen LogP contribution >= 0.6 is 0 Å². The maximum Gasteiger partial charge on any atom is 0.410 e. The fourth-order valence-corrected chi connectivity index (χ4v) is 2.88. The third-order valence-electron chi connectivity index (χ3n) is 4.29. The Hall–Kier alpha value is -1.10. The lowest BCUT2D eigenvalue weighted by atomic mass is 10.2. The molecule has 1 saturated carbocycles. The van der Waals surface area contributed by atoms with E-state index in [1.54, 1.807) is 6.92 Å². The fourth-order valence-electron chi connectivity index (χ4n) is 2.88. The van der Waals surface area contributed by atoms with E-state index in [1.807, 2.05) is 32.6 Å². The zero-order chi connectivity index (χ0) is 15.1. The van der Waals surface area contributed by atoms with Crippen molar-refractivity contribution in [3.63, 3.8) is 0 Å². The number of piperidine rings is 1. The monoisotopic (exact) mass is 282 g/mol. The minimum Gasteiger partial charge on any atom is -0.444 e. The summed E-state index contributed by atoms with van der Waals surface area (Å²) in [7, 11) is 0. The second kappa shape index (κ2) is 5.35. The van der Waals surface area contributed by atoms with Crippen LogP contribution in [0.25, 0.3) is 0 Å². The Kier molecular flexibility index (Phi) is 4.09. The molecular formula is C15H26N2O3. The SMILES string of the molecule is CC(=O)C(C)NCC1C2CN(C(=O)OC(C)(C)C)CC12. The molecule has 2 aliphatic rings. The lowest BCUT2D eigenvalue weighted by Gasteiger charge is -2.26. The minimum atomic E-state index is -0.429. The Morgan fingerprint density at radius 1 is 1.30 bits per heavy atom. The van der Waals surface area contributed by atoms with Crippen LogP contribution in [0.15, 0.2) is 0 Å². The number of carbonyl (C=O) groups is 2.